The summed E-state index contributed by atoms with van der Waals surface area (Å²) < 4.78 is 5.74. The molecule has 0 spiro atoms. The van der Waals surface area contributed by atoms with E-state index in [9.17, 15) is 0 Å². The van der Waals surface area contributed by atoms with Gasteiger partial charge in [-0.15, -0.1) is 0 Å². The Labute approximate surface area is 131 Å². The van der Waals surface area contributed by atoms with E-state index in [1.165, 1.54) is 19.3 Å². The number of hydrogen-bond donors (Lipinski definition) is 1. The van der Waals surface area contributed by atoms with E-state index in [1.54, 1.807) is 0 Å². The van der Waals surface area contributed by atoms with E-state index in [1.807, 2.05) is 12.1 Å². The zero-order chi connectivity index (χ0) is 14.7. The summed E-state index contributed by atoms with van der Waals surface area (Å²) >= 11 is 6.27. The third-order valence-electron chi connectivity index (χ3n) is 4.19. The topological polar surface area (TPSA) is 37.4 Å². The predicted molar refractivity (Wildman–Crippen MR) is 86.0 cm³/mol. The summed E-state index contributed by atoms with van der Waals surface area (Å²) in [4.78, 5) is 7.05. The Bertz CT molecular complexity index is 473. The summed E-state index contributed by atoms with van der Waals surface area (Å²) in [7, 11) is 0. The van der Waals surface area contributed by atoms with Crippen LogP contribution in [-0.2, 0) is 11.3 Å². The second-order valence-electron chi connectivity index (χ2n) is 5.93. The minimum Gasteiger partial charge on any atom is -0.376 e. The summed E-state index contributed by atoms with van der Waals surface area (Å²) in [5, 5.41) is 4.23. The number of anilines is 1. The van der Waals surface area contributed by atoms with Crippen molar-refractivity contribution in [2.75, 3.05) is 24.6 Å². The molecule has 21 heavy (non-hydrogen) atoms. The lowest BCUT2D eigenvalue weighted by Crippen LogP contribution is -2.33. The SMILES string of the molecule is CCN(CC1CCCO1)c1ccc(Cl)c(CNC2CC2)n1. The molecule has 1 aromatic heterocycles. The van der Waals surface area contributed by atoms with Crippen molar-refractivity contribution in [1.82, 2.24) is 10.3 Å². The Balaban J connectivity index is 1.67. The van der Waals surface area contributed by atoms with Crippen LogP contribution >= 0.6 is 11.6 Å². The quantitative estimate of drug-likeness (QED) is 0.840. The van der Waals surface area contributed by atoms with Crippen LogP contribution in [-0.4, -0.2) is 36.8 Å². The van der Waals surface area contributed by atoms with Crippen LogP contribution in [0.25, 0.3) is 0 Å². The van der Waals surface area contributed by atoms with Crippen molar-refractivity contribution in [2.45, 2.75) is 51.3 Å². The number of nitrogens with one attached hydrogen (secondary N) is 1. The molecule has 1 aromatic rings. The van der Waals surface area contributed by atoms with Gasteiger partial charge in [-0.2, -0.15) is 0 Å². The van der Waals surface area contributed by atoms with Gasteiger partial charge in [0.1, 0.15) is 5.82 Å². The molecule has 1 unspecified atom stereocenters. The first kappa shape index (κ1) is 15.1. The lowest BCUT2D eigenvalue weighted by molar-refractivity contribution is 0.115. The molecule has 2 fully saturated rings. The normalized spacial score (nSPS) is 21.7. The molecule has 1 aliphatic carbocycles. The largest absolute Gasteiger partial charge is 0.376 e. The van der Waals surface area contributed by atoms with Crippen molar-refractivity contribution < 1.29 is 4.74 Å². The molecule has 116 valence electrons. The Morgan fingerprint density at radius 2 is 2.24 bits per heavy atom. The minimum absolute atomic E-state index is 0.343. The number of pyridine rings is 1. The molecule has 1 aliphatic heterocycles. The standard InChI is InChI=1S/C16H24ClN3O/c1-2-20(11-13-4-3-9-21-13)16-8-7-14(17)15(19-16)10-18-12-5-6-12/h7-8,12-13,18H,2-6,9-11H2,1H3. The fourth-order valence-electron chi connectivity index (χ4n) is 2.72. The number of hydrogen-bond acceptors (Lipinski definition) is 4. The number of rotatable bonds is 7. The Hall–Kier alpha value is -0.840. The molecule has 0 amide bonds. The van der Waals surface area contributed by atoms with E-state index < -0.39 is 0 Å². The van der Waals surface area contributed by atoms with Crippen molar-refractivity contribution in [1.29, 1.82) is 0 Å². The van der Waals surface area contributed by atoms with Crippen molar-refractivity contribution in [3.63, 3.8) is 0 Å². The lowest BCUT2D eigenvalue weighted by Gasteiger charge is -2.25. The third-order valence-corrected chi connectivity index (χ3v) is 4.54. The first-order valence-electron chi connectivity index (χ1n) is 8.01. The molecule has 4 nitrogen and oxygen atoms in total. The summed E-state index contributed by atoms with van der Waals surface area (Å²) in [5.74, 6) is 1.00. The van der Waals surface area contributed by atoms with Crippen molar-refractivity contribution >= 4 is 17.4 Å². The maximum Gasteiger partial charge on any atom is 0.129 e. The first-order chi connectivity index (χ1) is 10.3. The van der Waals surface area contributed by atoms with Crippen LogP contribution in [0.4, 0.5) is 5.82 Å². The van der Waals surface area contributed by atoms with Gasteiger partial charge >= 0.3 is 0 Å². The number of aromatic nitrogens is 1. The molecule has 3 rings (SSSR count). The maximum atomic E-state index is 6.27. The van der Waals surface area contributed by atoms with Crippen molar-refractivity contribution in [2.24, 2.45) is 0 Å². The number of halogens is 1. The average Bonchev–Trinajstić information content (AvgIpc) is 3.19. The fourth-order valence-corrected chi connectivity index (χ4v) is 2.89. The van der Waals surface area contributed by atoms with Gasteiger partial charge < -0.3 is 15.0 Å². The monoisotopic (exact) mass is 309 g/mol. The number of nitrogens with zero attached hydrogens (tertiary/aromatic N) is 2. The second-order valence-corrected chi connectivity index (χ2v) is 6.33. The van der Waals surface area contributed by atoms with Gasteiger partial charge in [0.05, 0.1) is 16.8 Å². The molecule has 1 N–H and O–H groups in total. The van der Waals surface area contributed by atoms with Crippen LogP contribution in [0.15, 0.2) is 12.1 Å². The lowest BCUT2D eigenvalue weighted by atomic mass is 10.2. The Morgan fingerprint density at radius 3 is 2.90 bits per heavy atom. The highest BCUT2D eigenvalue weighted by Gasteiger charge is 2.22. The zero-order valence-electron chi connectivity index (χ0n) is 12.6. The molecular formula is C16H24ClN3O. The molecule has 1 atom stereocenters. The van der Waals surface area contributed by atoms with Gasteiger partial charge in [-0.05, 0) is 44.7 Å². The van der Waals surface area contributed by atoms with Crippen LogP contribution in [0.5, 0.6) is 0 Å². The van der Waals surface area contributed by atoms with E-state index in [0.29, 0.717) is 12.1 Å². The number of likely N-dealkylation sites (N-methyl/N-ethyl adjacent to an activating group) is 1. The Morgan fingerprint density at radius 1 is 1.38 bits per heavy atom. The van der Waals surface area contributed by atoms with Gasteiger partial charge in [-0.3, -0.25) is 0 Å². The molecule has 0 radical (unpaired) electrons. The van der Waals surface area contributed by atoms with Crippen LogP contribution in [0, 0.1) is 0 Å². The molecule has 1 saturated heterocycles. The highest BCUT2D eigenvalue weighted by molar-refractivity contribution is 6.31. The third kappa shape index (κ3) is 4.09. The molecule has 0 bridgehead atoms. The first-order valence-corrected chi connectivity index (χ1v) is 8.39. The maximum absolute atomic E-state index is 6.27. The van der Waals surface area contributed by atoms with E-state index in [-0.39, 0.29) is 0 Å². The van der Waals surface area contributed by atoms with Gasteiger partial charge in [-0.25, -0.2) is 4.98 Å². The van der Waals surface area contributed by atoms with Crippen LogP contribution in [0.2, 0.25) is 5.02 Å². The smallest absolute Gasteiger partial charge is 0.129 e. The zero-order valence-corrected chi connectivity index (χ0v) is 13.4. The molecule has 5 heteroatoms. The fraction of sp³-hybridized carbons (Fsp3) is 0.688. The highest BCUT2D eigenvalue weighted by atomic mass is 35.5. The van der Waals surface area contributed by atoms with Gasteiger partial charge in [-0.1, -0.05) is 11.6 Å². The molecule has 2 heterocycles. The Kier molecular flexibility index (Phi) is 4.99. The van der Waals surface area contributed by atoms with Gasteiger partial charge in [0.15, 0.2) is 0 Å². The number of ether oxygens (including phenoxy) is 1. The van der Waals surface area contributed by atoms with Crippen LogP contribution in [0.3, 0.4) is 0 Å². The van der Waals surface area contributed by atoms with E-state index >= 15 is 0 Å². The summed E-state index contributed by atoms with van der Waals surface area (Å²) in [6.45, 7) is 5.67. The minimum atomic E-state index is 0.343. The van der Waals surface area contributed by atoms with Crippen LogP contribution in [0.1, 0.15) is 38.3 Å². The molecule has 2 aliphatic rings. The van der Waals surface area contributed by atoms with Gasteiger partial charge in [0.25, 0.3) is 0 Å². The van der Waals surface area contributed by atoms with E-state index in [2.05, 4.69) is 17.1 Å². The molecule has 1 saturated carbocycles. The van der Waals surface area contributed by atoms with Gasteiger partial charge in [0.2, 0.25) is 0 Å². The second kappa shape index (κ2) is 6.95. The summed E-state index contributed by atoms with van der Waals surface area (Å²) in [5.41, 5.74) is 0.951. The van der Waals surface area contributed by atoms with E-state index in [4.69, 9.17) is 21.3 Å². The predicted octanol–water partition coefficient (Wildman–Crippen LogP) is 2.99. The van der Waals surface area contributed by atoms with Gasteiger partial charge in [0, 0.05) is 32.3 Å². The van der Waals surface area contributed by atoms with Crippen LogP contribution < -0.4 is 10.2 Å². The van der Waals surface area contributed by atoms with Crippen molar-refractivity contribution in [3.8, 4) is 0 Å². The van der Waals surface area contributed by atoms with E-state index in [0.717, 1.165) is 49.2 Å². The molecular weight excluding hydrogens is 286 g/mol. The highest BCUT2D eigenvalue weighted by Crippen LogP contribution is 2.23. The van der Waals surface area contributed by atoms with Crippen molar-refractivity contribution in [3.05, 3.63) is 22.8 Å². The average molecular weight is 310 g/mol. The molecule has 0 aromatic carbocycles. The summed E-state index contributed by atoms with van der Waals surface area (Å²) in [6, 6.07) is 4.65. The summed E-state index contributed by atoms with van der Waals surface area (Å²) in [6.07, 6.45) is 5.22.